The molecule has 3 atom stereocenters. The summed E-state index contributed by atoms with van der Waals surface area (Å²) in [6.45, 7) is 29.7. The number of aryl methyl sites for hydroxylation is 1. The van der Waals surface area contributed by atoms with Crippen LogP contribution in [0.2, 0.25) is 0 Å². The number of nitrogens with zero attached hydrogens (tertiary/aromatic N) is 5. The van der Waals surface area contributed by atoms with Crippen molar-refractivity contribution in [2.75, 3.05) is 26.2 Å². The topological polar surface area (TPSA) is 143 Å². The predicted molar refractivity (Wildman–Crippen MR) is 292 cm³/mol. The van der Waals surface area contributed by atoms with Crippen LogP contribution < -0.4 is 5.32 Å². The van der Waals surface area contributed by atoms with Gasteiger partial charge in [0.1, 0.15) is 23.2 Å². The minimum Gasteiger partial charge on any atom is -0.385 e. The van der Waals surface area contributed by atoms with Gasteiger partial charge < -0.3 is 20.1 Å². The molecule has 12 nitrogen and oxygen atoms in total. The molecular formula is C61H82N6O6. The molecule has 0 radical (unpaired) electrons. The Morgan fingerprint density at radius 1 is 0.863 bits per heavy atom. The van der Waals surface area contributed by atoms with E-state index in [9.17, 15) is 29.1 Å². The highest BCUT2D eigenvalue weighted by Gasteiger charge is 2.42. The van der Waals surface area contributed by atoms with Gasteiger partial charge in [0, 0.05) is 92.3 Å². The van der Waals surface area contributed by atoms with E-state index in [0.717, 1.165) is 99.3 Å². The van der Waals surface area contributed by atoms with Crippen LogP contribution >= 0.6 is 0 Å². The number of piperazine rings is 1. The monoisotopic (exact) mass is 995 g/mol. The van der Waals surface area contributed by atoms with E-state index in [1.165, 1.54) is 30.9 Å². The number of Topliss-reactive ketones (excluding diaryl/α,β-unsaturated/α-hetero) is 4. The first-order valence-electron chi connectivity index (χ1n) is 26.7. The molecule has 2 aromatic carbocycles. The molecule has 0 aromatic heterocycles. The Bertz CT molecular complexity index is 2550. The first-order valence-corrected chi connectivity index (χ1v) is 26.7. The van der Waals surface area contributed by atoms with Crippen LogP contribution in [0.15, 0.2) is 119 Å². The first kappa shape index (κ1) is 56.5. The van der Waals surface area contributed by atoms with Gasteiger partial charge in [-0.15, -0.1) is 0 Å². The zero-order valence-electron chi connectivity index (χ0n) is 45.3. The van der Waals surface area contributed by atoms with Crippen molar-refractivity contribution in [1.29, 1.82) is 0 Å². The zero-order chi connectivity index (χ0) is 53.1. The van der Waals surface area contributed by atoms with Crippen LogP contribution in [-0.2, 0) is 44.3 Å². The normalized spacial score (nSPS) is 22.2. The maximum Gasteiger partial charge on any atom is 0.263 e. The molecule has 73 heavy (non-hydrogen) atoms. The summed E-state index contributed by atoms with van der Waals surface area (Å²) in [4.78, 5) is 73.8. The number of rotatable bonds is 19. The van der Waals surface area contributed by atoms with Gasteiger partial charge in [-0.3, -0.25) is 33.9 Å². The summed E-state index contributed by atoms with van der Waals surface area (Å²) in [5.41, 5.74) is 7.94. The third-order valence-electron chi connectivity index (χ3n) is 15.8. The third-order valence-corrected chi connectivity index (χ3v) is 15.8. The number of aliphatic imine (C=N–C) groups is 1. The molecule has 2 aromatic rings. The van der Waals surface area contributed by atoms with Gasteiger partial charge in [-0.05, 0) is 140 Å². The molecule has 7 rings (SSSR count). The molecule has 3 unspecified atom stereocenters. The van der Waals surface area contributed by atoms with Crippen LogP contribution in [-0.4, -0.2) is 104 Å². The highest BCUT2D eigenvalue weighted by Crippen LogP contribution is 2.37. The first-order chi connectivity index (χ1) is 34.8. The molecule has 1 saturated carbocycles. The van der Waals surface area contributed by atoms with Gasteiger partial charge in [0.05, 0.1) is 11.2 Å². The Hall–Kier alpha value is -5.82. The van der Waals surface area contributed by atoms with Crippen LogP contribution in [0, 0.1) is 5.92 Å². The maximum atomic E-state index is 13.7. The molecular weight excluding hydrogens is 913 g/mol. The van der Waals surface area contributed by atoms with Gasteiger partial charge in [-0.2, -0.15) is 0 Å². The molecule has 4 aliphatic heterocycles. The van der Waals surface area contributed by atoms with E-state index in [-0.39, 0.29) is 46.6 Å². The summed E-state index contributed by atoms with van der Waals surface area (Å²) in [6, 6.07) is 16.0. The summed E-state index contributed by atoms with van der Waals surface area (Å²) in [7, 11) is 0. The number of amidine groups is 1. The number of hydrogen-bond acceptors (Lipinski definition) is 11. The zero-order valence-corrected chi connectivity index (χ0v) is 45.3. The van der Waals surface area contributed by atoms with Gasteiger partial charge in [0.15, 0.2) is 11.6 Å². The summed E-state index contributed by atoms with van der Waals surface area (Å²) in [5, 5.41) is 14.9. The molecule has 4 heterocycles. The van der Waals surface area contributed by atoms with Gasteiger partial charge in [0.2, 0.25) is 0 Å². The van der Waals surface area contributed by atoms with Crippen LogP contribution in [0.4, 0.5) is 0 Å². The highest BCUT2D eigenvalue weighted by molar-refractivity contribution is 6.29. The molecule has 12 heteroatoms. The van der Waals surface area contributed by atoms with Gasteiger partial charge >= 0.3 is 0 Å². The molecule has 1 aliphatic carbocycles. The third kappa shape index (κ3) is 14.1. The van der Waals surface area contributed by atoms with E-state index in [4.69, 9.17) is 4.99 Å². The smallest absolute Gasteiger partial charge is 0.263 e. The van der Waals surface area contributed by atoms with Crippen molar-refractivity contribution >= 4 is 34.9 Å². The Balaban J connectivity index is 0.000000785. The van der Waals surface area contributed by atoms with E-state index < -0.39 is 5.60 Å². The summed E-state index contributed by atoms with van der Waals surface area (Å²) in [6.07, 6.45) is 17.7. The van der Waals surface area contributed by atoms with Crippen molar-refractivity contribution in [2.45, 2.75) is 170 Å². The Kier molecular flexibility index (Phi) is 19.7. The van der Waals surface area contributed by atoms with Crippen LogP contribution in [0.3, 0.4) is 0 Å². The SMILES string of the molecule is C=C(/C=C\C(=C/C)N1CC2CCC(C1)N2Cc1ccc(CN2CCC(O)(c3ccc(C(C)=O)c(CC)c3)CC2)cc1)NC(=C)/N=C1\C(=C/C)C(C)=C(C(C)=O)C(=O)N1C1CCCC1.CC(=O)CCC(C)C(C)=O. The highest BCUT2D eigenvalue weighted by atomic mass is 16.3. The van der Waals surface area contributed by atoms with Crippen LogP contribution in [0.5, 0.6) is 0 Å². The lowest BCUT2D eigenvalue weighted by atomic mass is 9.82. The minimum absolute atomic E-state index is 0.000993. The number of benzene rings is 2. The number of carbonyl (C=O) groups excluding carboxylic acids is 5. The summed E-state index contributed by atoms with van der Waals surface area (Å²) < 4.78 is 0. The second-order valence-corrected chi connectivity index (χ2v) is 21.1. The van der Waals surface area contributed by atoms with E-state index in [1.807, 2.05) is 51.1 Å². The number of amides is 1. The lowest BCUT2D eigenvalue weighted by molar-refractivity contribution is -0.128. The molecule has 4 fully saturated rings. The molecule has 2 N–H and O–H groups in total. The average Bonchev–Trinajstić information content (AvgIpc) is 3.96. The van der Waals surface area contributed by atoms with E-state index >= 15 is 0 Å². The fraction of sp³-hybridized carbons (Fsp3) is 0.508. The molecule has 0 spiro atoms. The Morgan fingerprint density at radius 2 is 1.48 bits per heavy atom. The lowest BCUT2D eigenvalue weighted by Gasteiger charge is -2.42. The van der Waals surface area contributed by atoms with Crippen molar-refractivity contribution in [1.82, 2.24) is 24.9 Å². The van der Waals surface area contributed by atoms with Gasteiger partial charge in [-0.1, -0.05) is 94.5 Å². The number of allylic oxidation sites excluding steroid dienone is 4. The van der Waals surface area contributed by atoms with Crippen molar-refractivity contribution in [2.24, 2.45) is 10.9 Å². The van der Waals surface area contributed by atoms with Gasteiger partial charge in [-0.25, -0.2) is 4.99 Å². The molecule has 392 valence electrons. The number of nitrogens with one attached hydrogen (secondary N) is 1. The Morgan fingerprint density at radius 3 is 2.01 bits per heavy atom. The number of ketones is 4. The summed E-state index contributed by atoms with van der Waals surface area (Å²) in [5.74, 6) is 0.880. The van der Waals surface area contributed by atoms with Crippen LogP contribution in [0.25, 0.3) is 0 Å². The number of carbonyl (C=O) groups is 5. The van der Waals surface area contributed by atoms with E-state index in [0.29, 0.717) is 60.7 Å². The number of fused-ring (bicyclic) bond motifs is 2. The fourth-order valence-electron chi connectivity index (χ4n) is 11.3. The van der Waals surface area contributed by atoms with Crippen LogP contribution in [0.1, 0.15) is 159 Å². The fourth-order valence-corrected chi connectivity index (χ4v) is 11.3. The predicted octanol–water partition coefficient (Wildman–Crippen LogP) is 10.2. The largest absolute Gasteiger partial charge is 0.385 e. The Labute approximate surface area is 435 Å². The molecule has 3 saturated heterocycles. The minimum atomic E-state index is -0.862. The number of likely N-dealkylation sites (tertiary alicyclic amines) is 2. The molecule has 5 aliphatic rings. The number of aliphatic hydroxyl groups is 1. The van der Waals surface area contributed by atoms with E-state index in [1.54, 1.807) is 25.7 Å². The molecule has 1 amide bonds. The maximum absolute atomic E-state index is 13.7. The second-order valence-electron chi connectivity index (χ2n) is 21.1. The summed E-state index contributed by atoms with van der Waals surface area (Å²) >= 11 is 0. The standard InChI is InChI=1S/C53H68N6O4.C8H14O2/c1-9-42-30-43(21-25-49(42)37(6)60)53(63)26-28-56(29-27-53)31-40-17-19-41(20-18-40)32-58-46-23-24-47(58)34-57(33-46)44(10-2)22-16-35(4)54-39(8)55-51-48(11-3)36(5)50(38(7)61)52(62)59(51)45-14-12-13-15-45;1-6(8(3)10)4-5-7(2)9/h10-11,16-22,25,30,45-47,54,63H,4,8-9,12-15,23-24,26-29,31-34H2,1-3,5-7H3;6H,4-5H2,1-3H3/b22-16-,44-10+,48-11-,55-51+;. The van der Waals surface area contributed by atoms with Gasteiger partial charge in [0.25, 0.3) is 5.91 Å². The number of piperidine rings is 1. The second kappa shape index (κ2) is 25.4. The number of hydrogen-bond donors (Lipinski definition) is 2. The van der Waals surface area contributed by atoms with E-state index in [2.05, 4.69) is 83.4 Å². The molecule has 2 bridgehead atoms. The lowest BCUT2D eigenvalue weighted by Crippen LogP contribution is -2.52. The van der Waals surface area contributed by atoms with Crippen molar-refractivity contribution in [3.63, 3.8) is 0 Å². The van der Waals surface area contributed by atoms with Crippen molar-refractivity contribution < 1.29 is 29.1 Å². The average molecular weight is 995 g/mol. The van der Waals surface area contributed by atoms with Crippen molar-refractivity contribution in [3.8, 4) is 0 Å². The van der Waals surface area contributed by atoms with Crippen molar-refractivity contribution in [3.05, 3.63) is 142 Å². The quantitative estimate of drug-likeness (QED) is 0.0793.